The maximum absolute atomic E-state index is 13.1. The Morgan fingerprint density at radius 2 is 1.96 bits per heavy atom. The summed E-state index contributed by atoms with van der Waals surface area (Å²) in [5.74, 6) is -0.0780. The molecule has 8 nitrogen and oxygen atoms in total. The van der Waals surface area contributed by atoms with Crippen molar-refractivity contribution in [2.45, 2.75) is 31.2 Å². The van der Waals surface area contributed by atoms with E-state index < -0.39 is 21.0 Å². The Bertz CT molecular complexity index is 1050. The maximum atomic E-state index is 13.1. The highest BCUT2D eigenvalue weighted by atomic mass is 32.2. The molecular weight excluding hydrogens is 382 g/mol. The van der Waals surface area contributed by atoms with Crippen molar-refractivity contribution in [1.29, 1.82) is 0 Å². The topological polar surface area (TPSA) is 101 Å². The normalized spacial score (nSPS) is 14.8. The number of carbonyl (C=O) groups is 1. The summed E-state index contributed by atoms with van der Waals surface area (Å²) in [5.41, 5.74) is 2.00. The van der Waals surface area contributed by atoms with Gasteiger partial charge in [0.1, 0.15) is 0 Å². The smallest absolute Gasteiger partial charge is 0.269 e. The molecule has 0 saturated carbocycles. The minimum Gasteiger partial charge on any atom is -0.312 e. The predicted octanol–water partition coefficient (Wildman–Crippen LogP) is 2.89. The zero-order valence-corrected chi connectivity index (χ0v) is 16.6. The molecule has 1 unspecified atom stereocenters. The first-order valence-corrected chi connectivity index (χ1v) is 10.2. The summed E-state index contributed by atoms with van der Waals surface area (Å²) in [6.45, 7) is 3.70. The molecule has 1 heterocycles. The van der Waals surface area contributed by atoms with Crippen LogP contribution in [-0.2, 0) is 21.2 Å². The summed E-state index contributed by atoms with van der Waals surface area (Å²) in [6.07, 6.45) is 0.600. The van der Waals surface area contributed by atoms with Crippen LogP contribution in [-0.4, -0.2) is 37.1 Å². The Labute approximate surface area is 163 Å². The third-order valence-electron chi connectivity index (χ3n) is 5.11. The molecule has 1 atom stereocenters. The van der Waals surface area contributed by atoms with E-state index in [0.717, 1.165) is 11.3 Å². The van der Waals surface area contributed by atoms with Crippen LogP contribution in [0.4, 0.5) is 11.4 Å². The predicted molar refractivity (Wildman–Crippen MR) is 105 cm³/mol. The minimum absolute atomic E-state index is 0.0780. The van der Waals surface area contributed by atoms with Crippen molar-refractivity contribution in [3.8, 4) is 0 Å². The molecule has 0 aliphatic carbocycles. The Kier molecular flexibility index (Phi) is 5.22. The van der Waals surface area contributed by atoms with Crippen LogP contribution in [0.15, 0.2) is 47.4 Å². The summed E-state index contributed by atoms with van der Waals surface area (Å²) >= 11 is 0. The number of carbonyl (C=O) groups excluding carboxylic acids is 1. The van der Waals surface area contributed by atoms with Gasteiger partial charge in [0, 0.05) is 44.4 Å². The second-order valence-corrected chi connectivity index (χ2v) is 8.76. The standard InChI is InChI=1S/C19H21N3O5S/c1-13(15-5-4-6-17(11-15)22(24)25)20(3)28(26,27)18-7-8-19-16(12-18)9-10-21(19)14(2)23/h4-8,11-13H,9-10H2,1-3H3. The van der Waals surface area contributed by atoms with Gasteiger partial charge in [-0.2, -0.15) is 4.31 Å². The monoisotopic (exact) mass is 403 g/mol. The SMILES string of the molecule is CC(=O)N1CCc2cc(S(=O)(=O)N(C)C(C)c3cccc([N+](=O)[O-])c3)ccc21. The summed E-state index contributed by atoms with van der Waals surface area (Å²) in [7, 11) is -2.37. The number of sulfonamides is 1. The summed E-state index contributed by atoms with van der Waals surface area (Å²) in [6, 6.07) is 10.1. The van der Waals surface area contributed by atoms with Gasteiger partial charge in [0.05, 0.1) is 9.82 Å². The number of benzene rings is 2. The third-order valence-corrected chi connectivity index (χ3v) is 7.04. The van der Waals surface area contributed by atoms with Crippen molar-refractivity contribution in [2.75, 3.05) is 18.5 Å². The molecule has 0 fully saturated rings. The zero-order valence-electron chi connectivity index (χ0n) is 15.8. The van der Waals surface area contributed by atoms with E-state index in [2.05, 4.69) is 0 Å². The molecule has 9 heteroatoms. The van der Waals surface area contributed by atoms with E-state index in [4.69, 9.17) is 0 Å². The average molecular weight is 403 g/mol. The first kappa shape index (κ1) is 20.0. The number of anilines is 1. The van der Waals surface area contributed by atoms with Crippen molar-refractivity contribution in [1.82, 2.24) is 4.31 Å². The van der Waals surface area contributed by atoms with Crippen LogP contribution in [0.25, 0.3) is 0 Å². The lowest BCUT2D eigenvalue weighted by Gasteiger charge is -2.25. The Hall–Kier alpha value is -2.78. The second-order valence-electron chi connectivity index (χ2n) is 6.76. The second kappa shape index (κ2) is 7.33. The average Bonchev–Trinajstić information content (AvgIpc) is 3.10. The number of hydrogen-bond donors (Lipinski definition) is 0. The molecular formula is C19H21N3O5S. The molecule has 0 saturated heterocycles. The van der Waals surface area contributed by atoms with Gasteiger partial charge in [-0.1, -0.05) is 12.1 Å². The molecule has 1 amide bonds. The van der Waals surface area contributed by atoms with E-state index in [1.165, 1.54) is 42.5 Å². The number of nitrogens with zero attached hydrogens (tertiary/aromatic N) is 3. The summed E-state index contributed by atoms with van der Waals surface area (Å²) in [5, 5.41) is 11.0. The van der Waals surface area contributed by atoms with E-state index in [0.29, 0.717) is 18.5 Å². The van der Waals surface area contributed by atoms with Gasteiger partial charge in [-0.3, -0.25) is 14.9 Å². The quantitative estimate of drug-likeness (QED) is 0.564. The van der Waals surface area contributed by atoms with Gasteiger partial charge in [-0.05, 0) is 42.7 Å². The van der Waals surface area contributed by atoms with Crippen molar-refractivity contribution in [3.05, 3.63) is 63.7 Å². The molecule has 2 aromatic carbocycles. The Balaban J connectivity index is 1.91. The van der Waals surface area contributed by atoms with Crippen molar-refractivity contribution >= 4 is 27.3 Å². The van der Waals surface area contributed by atoms with Gasteiger partial charge in [0.25, 0.3) is 5.69 Å². The molecule has 0 spiro atoms. The number of rotatable bonds is 5. The molecule has 28 heavy (non-hydrogen) atoms. The van der Waals surface area contributed by atoms with Crippen LogP contribution >= 0.6 is 0 Å². The first-order valence-electron chi connectivity index (χ1n) is 8.76. The molecule has 0 N–H and O–H groups in total. The van der Waals surface area contributed by atoms with Crippen LogP contribution in [0, 0.1) is 10.1 Å². The first-order chi connectivity index (χ1) is 13.1. The van der Waals surface area contributed by atoms with Crippen LogP contribution in [0.2, 0.25) is 0 Å². The lowest BCUT2D eigenvalue weighted by molar-refractivity contribution is -0.384. The molecule has 0 radical (unpaired) electrons. The third kappa shape index (κ3) is 3.50. The van der Waals surface area contributed by atoms with E-state index in [-0.39, 0.29) is 16.5 Å². The fourth-order valence-corrected chi connectivity index (χ4v) is 4.75. The summed E-state index contributed by atoms with van der Waals surface area (Å²) < 4.78 is 27.4. The fourth-order valence-electron chi connectivity index (χ4n) is 3.35. The van der Waals surface area contributed by atoms with Gasteiger partial charge in [0.2, 0.25) is 15.9 Å². The molecule has 0 aromatic heterocycles. The van der Waals surface area contributed by atoms with Crippen molar-refractivity contribution in [2.24, 2.45) is 0 Å². The van der Waals surface area contributed by atoms with Gasteiger partial charge in [-0.25, -0.2) is 8.42 Å². The van der Waals surface area contributed by atoms with Gasteiger partial charge in [-0.15, -0.1) is 0 Å². The number of nitro groups is 1. The fraction of sp³-hybridized carbons (Fsp3) is 0.316. The van der Waals surface area contributed by atoms with Gasteiger partial charge in [0.15, 0.2) is 0 Å². The number of hydrogen-bond acceptors (Lipinski definition) is 5. The van der Waals surface area contributed by atoms with Crippen LogP contribution in [0.3, 0.4) is 0 Å². The van der Waals surface area contributed by atoms with E-state index in [1.807, 2.05) is 0 Å². The largest absolute Gasteiger partial charge is 0.312 e. The molecule has 1 aliphatic heterocycles. The number of nitro benzene ring substituents is 1. The van der Waals surface area contributed by atoms with Crippen LogP contribution < -0.4 is 4.90 Å². The molecule has 1 aliphatic rings. The lowest BCUT2D eigenvalue weighted by Crippen LogP contribution is -2.30. The van der Waals surface area contributed by atoms with Gasteiger partial charge < -0.3 is 4.90 Å². The Morgan fingerprint density at radius 1 is 1.25 bits per heavy atom. The molecule has 2 aromatic rings. The molecule has 3 rings (SSSR count). The molecule has 148 valence electrons. The van der Waals surface area contributed by atoms with E-state index in [1.54, 1.807) is 30.0 Å². The minimum atomic E-state index is -3.82. The highest BCUT2D eigenvalue weighted by Crippen LogP contribution is 2.33. The number of non-ortho nitro benzene ring substituents is 1. The highest BCUT2D eigenvalue weighted by molar-refractivity contribution is 7.89. The number of fused-ring (bicyclic) bond motifs is 1. The van der Waals surface area contributed by atoms with Gasteiger partial charge >= 0.3 is 0 Å². The maximum Gasteiger partial charge on any atom is 0.269 e. The zero-order chi connectivity index (χ0) is 20.6. The summed E-state index contributed by atoms with van der Waals surface area (Å²) in [4.78, 5) is 23.9. The van der Waals surface area contributed by atoms with Crippen LogP contribution in [0.5, 0.6) is 0 Å². The van der Waals surface area contributed by atoms with Crippen molar-refractivity contribution < 1.29 is 18.1 Å². The highest BCUT2D eigenvalue weighted by Gasteiger charge is 2.30. The van der Waals surface area contributed by atoms with Crippen molar-refractivity contribution in [3.63, 3.8) is 0 Å². The Morgan fingerprint density at radius 3 is 2.61 bits per heavy atom. The van der Waals surface area contributed by atoms with Crippen LogP contribution in [0.1, 0.15) is 31.0 Å². The lowest BCUT2D eigenvalue weighted by atomic mass is 10.1. The van der Waals surface area contributed by atoms with E-state index in [9.17, 15) is 23.3 Å². The molecule has 0 bridgehead atoms. The number of amides is 1. The van der Waals surface area contributed by atoms with E-state index >= 15 is 0 Å².